The molecule has 0 bridgehead atoms. The van der Waals surface area contributed by atoms with Crippen LogP contribution in [0.15, 0.2) is 73.1 Å². The quantitative estimate of drug-likeness (QED) is 0.622. The van der Waals surface area contributed by atoms with E-state index in [9.17, 15) is 9.59 Å². The Morgan fingerprint density at radius 2 is 1.81 bits per heavy atom. The number of nitrogens with one attached hydrogen (secondary N) is 1. The van der Waals surface area contributed by atoms with Crippen LogP contribution >= 0.6 is 0 Å². The van der Waals surface area contributed by atoms with Gasteiger partial charge in [-0.3, -0.25) is 19.2 Å². The Morgan fingerprint density at radius 3 is 2.56 bits per heavy atom. The van der Waals surface area contributed by atoms with Crippen LogP contribution in [0.1, 0.15) is 21.5 Å². The number of amides is 2. The zero-order chi connectivity index (χ0) is 22.3. The Balaban J connectivity index is 1.49. The first-order valence-electron chi connectivity index (χ1n) is 11.0. The SMILES string of the molecule is CNC(=O)[C@H]1CN(CCc2ccccc2)CCN1C(=O)c1ccccc1Cn1cccn1. The first-order valence-corrected chi connectivity index (χ1v) is 11.0. The maximum absolute atomic E-state index is 13.6. The fraction of sp³-hybridized carbons (Fsp3) is 0.320. The van der Waals surface area contributed by atoms with Gasteiger partial charge in [0.05, 0.1) is 6.54 Å². The molecule has 7 heteroatoms. The monoisotopic (exact) mass is 431 g/mol. The van der Waals surface area contributed by atoms with Crippen molar-refractivity contribution in [3.05, 3.63) is 89.7 Å². The molecule has 1 N–H and O–H groups in total. The molecule has 0 spiro atoms. The van der Waals surface area contributed by atoms with E-state index in [0.717, 1.165) is 25.1 Å². The van der Waals surface area contributed by atoms with E-state index in [1.807, 2.05) is 54.7 Å². The maximum atomic E-state index is 13.6. The molecule has 1 aliphatic heterocycles. The lowest BCUT2D eigenvalue weighted by atomic mass is 10.0. The predicted octanol–water partition coefficient (Wildman–Crippen LogP) is 2.05. The summed E-state index contributed by atoms with van der Waals surface area (Å²) in [6.45, 7) is 3.15. The summed E-state index contributed by atoms with van der Waals surface area (Å²) in [6.07, 6.45) is 4.52. The second-order valence-corrected chi connectivity index (χ2v) is 8.03. The highest BCUT2D eigenvalue weighted by molar-refractivity contribution is 5.99. The third-order valence-corrected chi connectivity index (χ3v) is 5.97. The van der Waals surface area contributed by atoms with Gasteiger partial charge in [-0.2, -0.15) is 5.10 Å². The van der Waals surface area contributed by atoms with Gasteiger partial charge in [0, 0.05) is 51.2 Å². The molecule has 32 heavy (non-hydrogen) atoms. The van der Waals surface area contributed by atoms with Gasteiger partial charge in [0.15, 0.2) is 0 Å². The maximum Gasteiger partial charge on any atom is 0.254 e. The van der Waals surface area contributed by atoms with E-state index in [1.54, 1.807) is 22.8 Å². The van der Waals surface area contributed by atoms with Crippen molar-refractivity contribution >= 4 is 11.8 Å². The molecular formula is C25H29N5O2. The van der Waals surface area contributed by atoms with Crippen LogP contribution in [0.2, 0.25) is 0 Å². The van der Waals surface area contributed by atoms with E-state index in [-0.39, 0.29) is 11.8 Å². The van der Waals surface area contributed by atoms with Gasteiger partial charge in [0.25, 0.3) is 5.91 Å². The van der Waals surface area contributed by atoms with Crippen molar-refractivity contribution in [2.75, 3.05) is 33.2 Å². The van der Waals surface area contributed by atoms with Gasteiger partial charge in [-0.05, 0) is 29.7 Å². The Bertz CT molecular complexity index is 1040. The third-order valence-electron chi connectivity index (χ3n) is 5.97. The van der Waals surface area contributed by atoms with Gasteiger partial charge < -0.3 is 10.2 Å². The fourth-order valence-electron chi connectivity index (χ4n) is 4.20. The van der Waals surface area contributed by atoms with Crippen molar-refractivity contribution in [1.29, 1.82) is 0 Å². The molecule has 3 aromatic rings. The van der Waals surface area contributed by atoms with Crippen molar-refractivity contribution < 1.29 is 9.59 Å². The number of rotatable bonds is 7. The largest absolute Gasteiger partial charge is 0.357 e. The minimum absolute atomic E-state index is 0.107. The molecule has 0 aliphatic carbocycles. The highest BCUT2D eigenvalue weighted by Crippen LogP contribution is 2.19. The lowest BCUT2D eigenvalue weighted by molar-refractivity contribution is -0.127. The second kappa shape index (κ2) is 10.2. The summed E-state index contributed by atoms with van der Waals surface area (Å²) in [6, 6.07) is 19.2. The molecule has 1 atom stereocenters. The zero-order valence-electron chi connectivity index (χ0n) is 18.4. The molecule has 0 unspecified atom stereocenters. The second-order valence-electron chi connectivity index (χ2n) is 8.03. The smallest absolute Gasteiger partial charge is 0.254 e. The third kappa shape index (κ3) is 5.06. The molecule has 0 saturated carbocycles. The van der Waals surface area contributed by atoms with E-state index in [4.69, 9.17) is 0 Å². The van der Waals surface area contributed by atoms with Crippen LogP contribution < -0.4 is 5.32 Å². The van der Waals surface area contributed by atoms with Gasteiger partial charge >= 0.3 is 0 Å². The molecule has 1 fully saturated rings. The van der Waals surface area contributed by atoms with E-state index in [1.165, 1.54) is 5.56 Å². The number of carbonyl (C=O) groups is 2. The molecule has 1 saturated heterocycles. The number of aromatic nitrogens is 2. The highest BCUT2D eigenvalue weighted by atomic mass is 16.2. The molecule has 2 aromatic carbocycles. The summed E-state index contributed by atoms with van der Waals surface area (Å²) < 4.78 is 1.80. The van der Waals surface area contributed by atoms with Crippen molar-refractivity contribution in [1.82, 2.24) is 24.9 Å². The topological polar surface area (TPSA) is 70.5 Å². The van der Waals surface area contributed by atoms with Crippen LogP contribution in [0.25, 0.3) is 0 Å². The number of piperazine rings is 1. The summed E-state index contributed by atoms with van der Waals surface area (Å²) in [7, 11) is 1.62. The number of benzene rings is 2. The summed E-state index contributed by atoms with van der Waals surface area (Å²) in [5, 5.41) is 7.00. The molecule has 1 aliphatic rings. The minimum atomic E-state index is -0.519. The van der Waals surface area contributed by atoms with Crippen LogP contribution in [0.4, 0.5) is 0 Å². The van der Waals surface area contributed by atoms with Crippen LogP contribution in [0.5, 0.6) is 0 Å². The molecule has 7 nitrogen and oxygen atoms in total. The Kier molecular flexibility index (Phi) is 6.97. The van der Waals surface area contributed by atoms with Gasteiger partial charge in [-0.15, -0.1) is 0 Å². The van der Waals surface area contributed by atoms with Gasteiger partial charge in [0.2, 0.25) is 5.91 Å². The van der Waals surface area contributed by atoms with Crippen LogP contribution in [0.3, 0.4) is 0 Å². The summed E-state index contributed by atoms with van der Waals surface area (Å²) in [4.78, 5) is 30.3. The fourth-order valence-corrected chi connectivity index (χ4v) is 4.20. The summed E-state index contributed by atoms with van der Waals surface area (Å²) in [5.41, 5.74) is 2.79. The molecule has 166 valence electrons. The lowest BCUT2D eigenvalue weighted by Crippen LogP contribution is -2.60. The van der Waals surface area contributed by atoms with E-state index in [0.29, 0.717) is 25.2 Å². The van der Waals surface area contributed by atoms with Crippen molar-refractivity contribution in [2.45, 2.75) is 19.0 Å². The predicted molar refractivity (Wildman–Crippen MR) is 123 cm³/mol. The van der Waals surface area contributed by atoms with Crippen LogP contribution in [-0.4, -0.2) is 70.7 Å². The van der Waals surface area contributed by atoms with E-state index < -0.39 is 6.04 Å². The minimum Gasteiger partial charge on any atom is -0.357 e. The lowest BCUT2D eigenvalue weighted by Gasteiger charge is -2.40. The Hall–Kier alpha value is -3.45. The van der Waals surface area contributed by atoms with E-state index >= 15 is 0 Å². The molecule has 2 heterocycles. The van der Waals surface area contributed by atoms with Crippen LogP contribution in [0, 0.1) is 0 Å². The Morgan fingerprint density at radius 1 is 1.03 bits per heavy atom. The van der Waals surface area contributed by atoms with Crippen LogP contribution in [-0.2, 0) is 17.8 Å². The average molecular weight is 432 g/mol. The highest BCUT2D eigenvalue weighted by Gasteiger charge is 2.35. The molecule has 0 radical (unpaired) electrons. The zero-order valence-corrected chi connectivity index (χ0v) is 18.4. The summed E-state index contributed by atoms with van der Waals surface area (Å²) in [5.74, 6) is -0.239. The Labute approximate surface area is 188 Å². The first kappa shape index (κ1) is 21.8. The number of carbonyl (C=O) groups excluding carboxylic acids is 2. The molecular weight excluding hydrogens is 402 g/mol. The van der Waals surface area contributed by atoms with Gasteiger partial charge in [-0.1, -0.05) is 48.5 Å². The van der Waals surface area contributed by atoms with Crippen molar-refractivity contribution in [3.63, 3.8) is 0 Å². The van der Waals surface area contributed by atoms with E-state index in [2.05, 4.69) is 27.4 Å². The molecule has 2 amide bonds. The average Bonchev–Trinajstić information content (AvgIpc) is 3.36. The normalized spacial score (nSPS) is 16.7. The number of hydrogen-bond acceptors (Lipinski definition) is 4. The summed E-state index contributed by atoms with van der Waals surface area (Å²) >= 11 is 0. The van der Waals surface area contributed by atoms with Crippen molar-refractivity contribution in [3.8, 4) is 0 Å². The van der Waals surface area contributed by atoms with Gasteiger partial charge in [0.1, 0.15) is 6.04 Å². The standard InChI is InChI=1S/C25H29N5O2/c1-26-24(31)23-19-28(15-12-20-8-3-2-4-9-20)16-17-30(23)25(32)22-11-6-5-10-21(22)18-29-14-7-13-27-29/h2-11,13-14,23H,12,15-19H2,1H3,(H,26,31)/t23-/m1/s1. The molecule has 4 rings (SSSR count). The number of likely N-dealkylation sites (N-methyl/N-ethyl adjacent to an activating group) is 1. The van der Waals surface area contributed by atoms with Gasteiger partial charge in [-0.25, -0.2) is 0 Å². The first-order chi connectivity index (χ1) is 15.7. The number of hydrogen-bond donors (Lipinski definition) is 1. The number of nitrogens with zero attached hydrogens (tertiary/aromatic N) is 4. The van der Waals surface area contributed by atoms with Crippen molar-refractivity contribution in [2.24, 2.45) is 0 Å². The molecule has 1 aromatic heterocycles.